The van der Waals surface area contributed by atoms with Crippen LogP contribution in [0.15, 0.2) is 30.6 Å². The lowest BCUT2D eigenvalue weighted by atomic mass is 10.1. The minimum atomic E-state index is -0.345. The van der Waals surface area contributed by atoms with Crippen molar-refractivity contribution < 1.29 is 4.92 Å². The van der Waals surface area contributed by atoms with Gasteiger partial charge in [0.15, 0.2) is 0 Å². The number of hydrogen-bond donors (Lipinski definition) is 1. The largest absolute Gasteiger partial charge is 0.381 e. The van der Waals surface area contributed by atoms with Gasteiger partial charge in [-0.15, -0.1) is 0 Å². The average molecular weight is 289 g/mol. The summed E-state index contributed by atoms with van der Waals surface area (Å²) >= 11 is 1.95. The number of hydrogen-bond acceptors (Lipinski definition) is 5. The summed E-state index contributed by atoms with van der Waals surface area (Å²) in [6, 6.07) is 5.50. The summed E-state index contributed by atoms with van der Waals surface area (Å²) in [5.41, 5.74) is 1.07. The number of fused-ring (bicyclic) bond motifs is 1. The molecule has 20 heavy (non-hydrogen) atoms. The van der Waals surface area contributed by atoms with E-state index in [-0.39, 0.29) is 10.6 Å². The molecule has 1 aromatic carbocycles. The topological polar surface area (TPSA) is 68.1 Å². The van der Waals surface area contributed by atoms with Crippen LogP contribution in [0.1, 0.15) is 12.8 Å². The monoisotopic (exact) mass is 289 g/mol. The van der Waals surface area contributed by atoms with Crippen LogP contribution in [-0.4, -0.2) is 27.5 Å². The third-order valence-electron chi connectivity index (χ3n) is 3.51. The second kappa shape index (κ2) is 5.66. The highest BCUT2D eigenvalue weighted by Crippen LogP contribution is 2.32. The third-order valence-corrected chi connectivity index (χ3v) is 4.73. The Labute approximate surface area is 120 Å². The van der Waals surface area contributed by atoms with Crippen molar-refractivity contribution in [2.75, 3.05) is 16.8 Å². The summed E-state index contributed by atoms with van der Waals surface area (Å²) in [4.78, 5) is 14.8. The fraction of sp³-hybridized carbons (Fsp3) is 0.357. The van der Waals surface area contributed by atoms with Gasteiger partial charge in [0.25, 0.3) is 5.69 Å². The Morgan fingerprint density at radius 1 is 1.35 bits per heavy atom. The Morgan fingerprint density at radius 2 is 2.25 bits per heavy atom. The van der Waals surface area contributed by atoms with E-state index in [1.165, 1.54) is 12.2 Å². The van der Waals surface area contributed by atoms with Crippen LogP contribution < -0.4 is 5.32 Å². The molecule has 0 radical (unpaired) electrons. The fourth-order valence-electron chi connectivity index (χ4n) is 2.53. The first-order valence-corrected chi connectivity index (χ1v) is 7.76. The van der Waals surface area contributed by atoms with Gasteiger partial charge in [-0.3, -0.25) is 15.1 Å². The van der Waals surface area contributed by atoms with Crippen LogP contribution in [0, 0.1) is 10.1 Å². The van der Waals surface area contributed by atoms with Crippen LogP contribution >= 0.6 is 11.8 Å². The van der Waals surface area contributed by atoms with Crippen molar-refractivity contribution in [1.29, 1.82) is 0 Å². The Kier molecular flexibility index (Phi) is 3.73. The molecule has 1 aliphatic heterocycles. The first-order valence-electron chi connectivity index (χ1n) is 6.61. The van der Waals surface area contributed by atoms with Crippen LogP contribution in [0.4, 0.5) is 11.4 Å². The number of anilines is 1. The van der Waals surface area contributed by atoms with E-state index in [0.29, 0.717) is 11.4 Å². The van der Waals surface area contributed by atoms with Gasteiger partial charge in [-0.2, -0.15) is 11.8 Å². The lowest BCUT2D eigenvalue weighted by molar-refractivity contribution is -0.383. The molecule has 2 aromatic rings. The molecule has 104 valence electrons. The van der Waals surface area contributed by atoms with Crippen molar-refractivity contribution in [1.82, 2.24) is 4.98 Å². The summed E-state index contributed by atoms with van der Waals surface area (Å²) in [7, 11) is 0. The van der Waals surface area contributed by atoms with Gasteiger partial charge in [-0.05, 0) is 30.7 Å². The molecule has 6 heteroatoms. The number of pyridine rings is 1. The maximum Gasteiger partial charge on any atom is 0.277 e. The molecule has 1 N–H and O–H groups in total. The lowest BCUT2D eigenvalue weighted by Gasteiger charge is -2.24. The van der Waals surface area contributed by atoms with E-state index in [1.54, 1.807) is 30.6 Å². The van der Waals surface area contributed by atoms with Crippen molar-refractivity contribution >= 4 is 33.9 Å². The van der Waals surface area contributed by atoms with E-state index in [4.69, 9.17) is 0 Å². The highest BCUT2D eigenvalue weighted by atomic mass is 32.2. The molecule has 0 aliphatic carbocycles. The molecule has 3 rings (SSSR count). The molecular weight excluding hydrogens is 274 g/mol. The van der Waals surface area contributed by atoms with Crippen molar-refractivity contribution in [2.24, 2.45) is 0 Å². The van der Waals surface area contributed by atoms with E-state index < -0.39 is 0 Å². The predicted octanol–water partition coefficient (Wildman–Crippen LogP) is 3.45. The number of nitrogens with zero attached hydrogens (tertiary/aromatic N) is 2. The van der Waals surface area contributed by atoms with E-state index in [0.717, 1.165) is 23.2 Å². The third kappa shape index (κ3) is 2.56. The number of aromatic nitrogens is 1. The van der Waals surface area contributed by atoms with Gasteiger partial charge in [0.1, 0.15) is 0 Å². The lowest BCUT2D eigenvalue weighted by Crippen LogP contribution is -2.25. The van der Waals surface area contributed by atoms with Crippen molar-refractivity contribution in [2.45, 2.75) is 18.9 Å². The summed E-state index contributed by atoms with van der Waals surface area (Å²) in [5, 5.41) is 16.0. The average Bonchev–Trinajstić information content (AvgIpc) is 2.48. The Balaban J connectivity index is 1.99. The molecule has 2 heterocycles. The normalized spacial score (nSPS) is 18.9. The minimum Gasteiger partial charge on any atom is -0.381 e. The zero-order chi connectivity index (χ0) is 13.9. The van der Waals surface area contributed by atoms with Crippen LogP contribution in [0.5, 0.6) is 0 Å². The van der Waals surface area contributed by atoms with E-state index in [9.17, 15) is 10.1 Å². The minimum absolute atomic E-state index is 0.131. The van der Waals surface area contributed by atoms with Gasteiger partial charge < -0.3 is 5.32 Å². The smallest absolute Gasteiger partial charge is 0.277 e. The number of nitro benzene ring substituents is 1. The van der Waals surface area contributed by atoms with E-state index >= 15 is 0 Å². The van der Waals surface area contributed by atoms with Crippen LogP contribution in [0.25, 0.3) is 10.8 Å². The Hall–Kier alpha value is -1.82. The highest BCUT2D eigenvalue weighted by molar-refractivity contribution is 7.99. The van der Waals surface area contributed by atoms with Crippen molar-refractivity contribution in [3.8, 4) is 0 Å². The summed E-state index contributed by atoms with van der Waals surface area (Å²) in [6.07, 6.45) is 5.65. The maximum absolute atomic E-state index is 11.1. The van der Waals surface area contributed by atoms with E-state index in [2.05, 4.69) is 10.3 Å². The van der Waals surface area contributed by atoms with Gasteiger partial charge in [0.2, 0.25) is 0 Å². The van der Waals surface area contributed by atoms with Crippen molar-refractivity contribution in [3.63, 3.8) is 0 Å². The summed E-state index contributed by atoms with van der Waals surface area (Å²) < 4.78 is 0. The number of thioether (sulfide) groups is 1. The summed E-state index contributed by atoms with van der Waals surface area (Å²) in [6.45, 7) is 0. The van der Waals surface area contributed by atoms with Crippen LogP contribution in [-0.2, 0) is 0 Å². The maximum atomic E-state index is 11.1. The molecule has 5 nitrogen and oxygen atoms in total. The number of non-ortho nitro benzene ring substituents is 1. The Morgan fingerprint density at radius 3 is 3.00 bits per heavy atom. The molecule has 1 atom stereocenters. The molecule has 1 aliphatic rings. The second-order valence-electron chi connectivity index (χ2n) is 4.87. The molecule has 0 saturated carbocycles. The molecule has 1 aromatic heterocycles. The zero-order valence-electron chi connectivity index (χ0n) is 10.9. The molecule has 0 amide bonds. The zero-order valence-corrected chi connectivity index (χ0v) is 11.7. The highest BCUT2D eigenvalue weighted by Gasteiger charge is 2.18. The van der Waals surface area contributed by atoms with Crippen molar-refractivity contribution in [3.05, 3.63) is 40.7 Å². The quantitative estimate of drug-likeness (QED) is 0.692. The van der Waals surface area contributed by atoms with Gasteiger partial charge in [0, 0.05) is 41.3 Å². The molecule has 0 bridgehead atoms. The van der Waals surface area contributed by atoms with Crippen LogP contribution in [0.2, 0.25) is 0 Å². The molecule has 0 spiro atoms. The number of nitro groups is 1. The van der Waals surface area contributed by atoms with E-state index in [1.807, 2.05) is 11.8 Å². The predicted molar refractivity (Wildman–Crippen MR) is 82.4 cm³/mol. The number of nitrogens with one attached hydrogen (secondary N) is 1. The molecule has 1 fully saturated rings. The SMILES string of the molecule is O=[N+]([O-])c1ccc(NC2CCCSC2)c2cnccc12. The van der Waals surface area contributed by atoms with Crippen LogP contribution in [0.3, 0.4) is 0 Å². The number of rotatable bonds is 3. The molecule has 1 unspecified atom stereocenters. The van der Waals surface area contributed by atoms with Gasteiger partial charge in [-0.25, -0.2) is 0 Å². The number of benzene rings is 1. The molecule has 1 saturated heterocycles. The first-order chi connectivity index (χ1) is 9.75. The van der Waals surface area contributed by atoms with Gasteiger partial charge in [0.05, 0.1) is 10.3 Å². The summed E-state index contributed by atoms with van der Waals surface area (Å²) in [5.74, 6) is 2.31. The van der Waals surface area contributed by atoms with Gasteiger partial charge in [-0.1, -0.05) is 0 Å². The standard InChI is InChI=1S/C14H15N3O2S/c18-17(19)14-4-3-13(12-8-15-6-5-11(12)14)16-10-2-1-7-20-9-10/h3-6,8,10,16H,1-2,7,9H2. The second-order valence-corrected chi connectivity index (χ2v) is 6.02. The van der Waals surface area contributed by atoms with Gasteiger partial charge >= 0.3 is 0 Å². The Bertz CT molecular complexity index is 641. The fourth-order valence-corrected chi connectivity index (χ4v) is 3.61. The first kappa shape index (κ1) is 13.2. The molecular formula is C14H15N3O2S.